The van der Waals surface area contributed by atoms with Gasteiger partial charge in [-0.25, -0.2) is 0 Å². The smallest absolute Gasteiger partial charge is 0.169 e. The van der Waals surface area contributed by atoms with E-state index in [0.29, 0.717) is 6.61 Å². The highest BCUT2D eigenvalue weighted by Gasteiger charge is 2.24. The Morgan fingerprint density at radius 1 is 1.00 bits per heavy atom. The van der Waals surface area contributed by atoms with Crippen LogP contribution in [-0.2, 0) is 11.3 Å². The lowest BCUT2D eigenvalue weighted by molar-refractivity contribution is -1.02. The summed E-state index contributed by atoms with van der Waals surface area (Å²) in [5.41, 5.74) is 1.21. The molecule has 6 heteroatoms. The van der Waals surface area contributed by atoms with Crippen LogP contribution < -0.4 is 19.3 Å². The number of nitrogens with one attached hydrogen (secondary N) is 2. The first kappa shape index (κ1) is 18.0. The number of ether oxygens (including phenoxy) is 3. The first-order chi connectivity index (χ1) is 11.3. The average Bonchev–Trinajstić information content (AvgIpc) is 2.60. The molecular formula is C17H30N2O4+2. The second kappa shape index (κ2) is 9.72. The number of piperazine rings is 1. The number of hydrogen-bond acceptors (Lipinski definition) is 4. The Morgan fingerprint density at radius 2 is 1.74 bits per heavy atom. The molecule has 1 aliphatic heterocycles. The summed E-state index contributed by atoms with van der Waals surface area (Å²) in [5.74, 6) is 1.66. The van der Waals surface area contributed by atoms with Crippen molar-refractivity contribution in [1.82, 2.24) is 0 Å². The van der Waals surface area contributed by atoms with Crippen LogP contribution in [0.25, 0.3) is 0 Å². The molecule has 0 saturated carbocycles. The van der Waals surface area contributed by atoms with Crippen molar-refractivity contribution < 1.29 is 29.1 Å². The zero-order chi connectivity index (χ0) is 16.5. The fraction of sp³-hybridized carbons (Fsp3) is 0.647. The van der Waals surface area contributed by atoms with Gasteiger partial charge in [0.25, 0.3) is 0 Å². The van der Waals surface area contributed by atoms with Gasteiger partial charge < -0.3 is 29.1 Å². The minimum absolute atomic E-state index is 0.107. The SMILES string of the molecule is COc1cccc(C[NH+]2CC[NH+](CCOCCO)CC2)c1OC. The first-order valence-electron chi connectivity index (χ1n) is 8.34. The summed E-state index contributed by atoms with van der Waals surface area (Å²) in [5, 5.41) is 8.70. The van der Waals surface area contributed by atoms with Gasteiger partial charge in [-0.05, 0) is 12.1 Å². The lowest BCUT2D eigenvalue weighted by atomic mass is 10.1. The third-order valence-corrected chi connectivity index (χ3v) is 4.42. The molecule has 0 aromatic heterocycles. The van der Waals surface area contributed by atoms with Gasteiger partial charge in [-0.1, -0.05) is 6.07 Å². The quantitative estimate of drug-likeness (QED) is 0.459. The van der Waals surface area contributed by atoms with Gasteiger partial charge in [0.15, 0.2) is 11.5 Å². The molecule has 0 unspecified atom stereocenters. The Hall–Kier alpha value is -1.34. The summed E-state index contributed by atoms with van der Waals surface area (Å²) in [4.78, 5) is 3.17. The molecule has 0 radical (unpaired) electrons. The maximum Gasteiger partial charge on any atom is 0.169 e. The summed E-state index contributed by atoms with van der Waals surface area (Å²) in [7, 11) is 3.38. The molecule has 0 amide bonds. The number of hydrogen-bond donors (Lipinski definition) is 3. The standard InChI is InChI=1S/C17H28N2O4/c1-21-16-5-3-4-15(17(16)22-2)14-19-8-6-18(7-9-19)10-12-23-13-11-20/h3-5,20H,6-14H2,1-2H3/p+2. The van der Waals surface area contributed by atoms with Crippen molar-refractivity contribution in [2.24, 2.45) is 0 Å². The van der Waals surface area contributed by atoms with Crippen molar-refractivity contribution in [3.05, 3.63) is 23.8 Å². The highest BCUT2D eigenvalue weighted by molar-refractivity contribution is 5.46. The van der Waals surface area contributed by atoms with Crippen molar-refractivity contribution >= 4 is 0 Å². The van der Waals surface area contributed by atoms with Crippen LogP contribution in [0.4, 0.5) is 0 Å². The zero-order valence-electron chi connectivity index (χ0n) is 14.3. The summed E-state index contributed by atoms with van der Waals surface area (Å²) >= 11 is 0. The summed E-state index contributed by atoms with van der Waals surface area (Å²) in [6.07, 6.45) is 0. The Labute approximate surface area is 138 Å². The largest absolute Gasteiger partial charge is 0.493 e. The fourth-order valence-electron chi connectivity index (χ4n) is 3.13. The van der Waals surface area contributed by atoms with Crippen LogP contribution in [0.15, 0.2) is 18.2 Å². The number of quaternary nitrogens is 2. The molecule has 0 atom stereocenters. The van der Waals surface area contributed by atoms with Crippen LogP contribution in [0.1, 0.15) is 5.56 Å². The van der Waals surface area contributed by atoms with Crippen LogP contribution in [0, 0.1) is 0 Å². The predicted molar refractivity (Wildman–Crippen MR) is 87.4 cm³/mol. The first-order valence-corrected chi connectivity index (χ1v) is 8.34. The highest BCUT2D eigenvalue weighted by Crippen LogP contribution is 2.29. The minimum atomic E-state index is 0.107. The van der Waals surface area contributed by atoms with E-state index in [0.717, 1.165) is 57.4 Å². The van der Waals surface area contributed by atoms with E-state index in [4.69, 9.17) is 19.3 Å². The van der Waals surface area contributed by atoms with Crippen molar-refractivity contribution in [1.29, 1.82) is 0 Å². The lowest BCUT2D eigenvalue weighted by Crippen LogP contribution is -3.27. The second-order valence-corrected chi connectivity index (χ2v) is 5.92. The predicted octanol–water partition coefficient (Wildman–Crippen LogP) is -2.00. The average molecular weight is 326 g/mol. The van der Waals surface area contributed by atoms with Crippen LogP contribution >= 0.6 is 0 Å². The van der Waals surface area contributed by atoms with Crippen molar-refractivity contribution in [3.63, 3.8) is 0 Å². The number of aliphatic hydroxyl groups excluding tert-OH is 1. The van der Waals surface area contributed by atoms with E-state index >= 15 is 0 Å². The topological polar surface area (TPSA) is 56.8 Å². The summed E-state index contributed by atoms with van der Waals surface area (Å²) in [6, 6.07) is 6.08. The Kier molecular flexibility index (Phi) is 7.61. The molecular weight excluding hydrogens is 296 g/mol. The number of methoxy groups -OCH3 is 2. The van der Waals surface area contributed by atoms with Gasteiger partial charge in [-0.2, -0.15) is 0 Å². The van der Waals surface area contributed by atoms with E-state index in [-0.39, 0.29) is 6.61 Å². The number of aliphatic hydroxyl groups is 1. The Morgan fingerprint density at radius 3 is 2.39 bits per heavy atom. The third kappa shape index (κ3) is 5.35. The molecule has 1 aromatic carbocycles. The lowest BCUT2D eigenvalue weighted by Gasteiger charge is -2.30. The maximum absolute atomic E-state index is 8.70. The molecule has 2 rings (SSSR count). The number of rotatable bonds is 9. The van der Waals surface area contributed by atoms with E-state index < -0.39 is 0 Å². The summed E-state index contributed by atoms with van der Waals surface area (Å²) < 4.78 is 16.3. The van der Waals surface area contributed by atoms with E-state index in [1.54, 1.807) is 24.0 Å². The molecule has 23 heavy (non-hydrogen) atoms. The van der Waals surface area contributed by atoms with E-state index in [2.05, 4.69) is 6.07 Å². The molecule has 130 valence electrons. The molecule has 1 heterocycles. The van der Waals surface area contributed by atoms with Gasteiger partial charge in [-0.15, -0.1) is 0 Å². The van der Waals surface area contributed by atoms with Crippen molar-refractivity contribution in [2.45, 2.75) is 6.54 Å². The highest BCUT2D eigenvalue weighted by atomic mass is 16.5. The fourth-order valence-corrected chi connectivity index (χ4v) is 3.13. The van der Waals surface area contributed by atoms with Gasteiger partial charge >= 0.3 is 0 Å². The molecule has 1 saturated heterocycles. The number of para-hydroxylation sites is 1. The van der Waals surface area contributed by atoms with Gasteiger partial charge in [0.05, 0.1) is 39.6 Å². The van der Waals surface area contributed by atoms with Crippen LogP contribution in [0.5, 0.6) is 11.5 Å². The van der Waals surface area contributed by atoms with Crippen LogP contribution in [0.3, 0.4) is 0 Å². The number of benzene rings is 1. The van der Waals surface area contributed by atoms with Crippen molar-refractivity contribution in [3.8, 4) is 11.5 Å². The molecule has 0 bridgehead atoms. The van der Waals surface area contributed by atoms with Crippen LogP contribution in [0.2, 0.25) is 0 Å². The molecule has 1 aromatic rings. The Bertz CT molecular complexity index is 462. The normalized spacial score (nSPS) is 21.2. The van der Waals surface area contributed by atoms with E-state index in [9.17, 15) is 0 Å². The van der Waals surface area contributed by atoms with E-state index in [1.165, 1.54) is 5.56 Å². The maximum atomic E-state index is 8.70. The zero-order valence-corrected chi connectivity index (χ0v) is 14.3. The monoisotopic (exact) mass is 326 g/mol. The van der Waals surface area contributed by atoms with Crippen molar-refractivity contribution in [2.75, 3.05) is 66.8 Å². The molecule has 0 aliphatic carbocycles. The van der Waals surface area contributed by atoms with E-state index in [1.807, 2.05) is 12.1 Å². The molecule has 6 nitrogen and oxygen atoms in total. The Balaban J connectivity index is 1.80. The van der Waals surface area contributed by atoms with Crippen LogP contribution in [-0.4, -0.2) is 71.9 Å². The van der Waals surface area contributed by atoms with Gasteiger partial charge in [0.2, 0.25) is 0 Å². The minimum Gasteiger partial charge on any atom is -0.493 e. The van der Waals surface area contributed by atoms with Gasteiger partial charge in [0, 0.05) is 0 Å². The molecule has 1 fully saturated rings. The second-order valence-electron chi connectivity index (χ2n) is 5.92. The molecule has 0 spiro atoms. The third-order valence-electron chi connectivity index (χ3n) is 4.42. The van der Waals surface area contributed by atoms with Gasteiger partial charge in [-0.3, -0.25) is 0 Å². The van der Waals surface area contributed by atoms with Gasteiger partial charge in [0.1, 0.15) is 39.3 Å². The summed E-state index contributed by atoms with van der Waals surface area (Å²) in [6.45, 7) is 7.88. The molecule has 3 N–H and O–H groups in total. The molecule has 1 aliphatic rings.